The number of aromatic nitrogens is 2. The number of halogens is 1. The molecule has 3 aromatic carbocycles. The molecule has 0 radical (unpaired) electrons. The lowest BCUT2D eigenvalue weighted by molar-refractivity contribution is -0.121. The summed E-state index contributed by atoms with van der Waals surface area (Å²) in [7, 11) is 0. The first-order chi connectivity index (χ1) is 15.6. The van der Waals surface area contributed by atoms with E-state index >= 15 is 0 Å². The largest absolute Gasteiger partial charge is 0.490 e. The molecule has 1 N–H and O–H groups in total. The minimum atomic E-state index is -0.231. The van der Waals surface area contributed by atoms with Gasteiger partial charge in [-0.2, -0.15) is 0 Å². The Morgan fingerprint density at radius 2 is 1.75 bits per heavy atom. The first-order valence-corrected chi connectivity index (χ1v) is 11.2. The van der Waals surface area contributed by atoms with Crippen LogP contribution in [0.5, 0.6) is 5.75 Å². The molecule has 0 saturated heterocycles. The highest BCUT2D eigenvalue weighted by Crippen LogP contribution is 2.24. The normalized spacial score (nSPS) is 11.9. The average molecular weight is 448 g/mol. The highest BCUT2D eigenvalue weighted by molar-refractivity contribution is 6.32. The Kier molecular flexibility index (Phi) is 7.07. The van der Waals surface area contributed by atoms with Gasteiger partial charge in [-0.3, -0.25) is 4.79 Å². The van der Waals surface area contributed by atoms with Gasteiger partial charge in [-0.25, -0.2) is 4.98 Å². The number of imidazole rings is 1. The van der Waals surface area contributed by atoms with E-state index in [4.69, 9.17) is 21.3 Å². The van der Waals surface area contributed by atoms with Crippen LogP contribution in [0, 0.1) is 0 Å². The van der Waals surface area contributed by atoms with Crippen molar-refractivity contribution in [3.63, 3.8) is 0 Å². The summed E-state index contributed by atoms with van der Waals surface area (Å²) >= 11 is 6.20. The summed E-state index contributed by atoms with van der Waals surface area (Å²) in [5, 5.41) is 3.69. The third kappa shape index (κ3) is 5.29. The highest BCUT2D eigenvalue weighted by atomic mass is 35.5. The van der Waals surface area contributed by atoms with Gasteiger partial charge in [0.15, 0.2) is 0 Å². The summed E-state index contributed by atoms with van der Waals surface area (Å²) in [6, 6.07) is 25.2. The van der Waals surface area contributed by atoms with Crippen LogP contribution in [0.25, 0.3) is 11.0 Å². The predicted molar refractivity (Wildman–Crippen MR) is 128 cm³/mol. The molecule has 32 heavy (non-hydrogen) atoms. The number of rotatable bonds is 9. The van der Waals surface area contributed by atoms with Crippen LogP contribution in [0.1, 0.15) is 30.8 Å². The van der Waals surface area contributed by atoms with Gasteiger partial charge in [-0.05, 0) is 43.2 Å². The SMILES string of the molecule is CC(NC(=O)CCc1ccccc1)c1nc2ccccc2n1CCOc1ccccc1Cl. The predicted octanol–water partition coefficient (Wildman–Crippen LogP) is 5.58. The molecule has 4 aromatic rings. The molecule has 1 heterocycles. The van der Waals surface area contributed by atoms with Gasteiger partial charge in [-0.1, -0.05) is 66.2 Å². The molecule has 0 aliphatic carbocycles. The van der Waals surface area contributed by atoms with Crippen LogP contribution in [0.15, 0.2) is 78.9 Å². The molecule has 5 nitrogen and oxygen atoms in total. The fraction of sp³-hybridized carbons (Fsp3) is 0.231. The van der Waals surface area contributed by atoms with Crippen molar-refractivity contribution in [2.24, 2.45) is 0 Å². The van der Waals surface area contributed by atoms with Gasteiger partial charge in [0.2, 0.25) is 5.91 Å². The van der Waals surface area contributed by atoms with Crippen LogP contribution in [0.4, 0.5) is 0 Å². The van der Waals surface area contributed by atoms with E-state index in [1.54, 1.807) is 0 Å². The van der Waals surface area contributed by atoms with Gasteiger partial charge in [0.1, 0.15) is 18.2 Å². The van der Waals surface area contributed by atoms with Gasteiger partial charge in [0.25, 0.3) is 0 Å². The second kappa shape index (κ2) is 10.3. The summed E-state index contributed by atoms with van der Waals surface area (Å²) in [6.07, 6.45) is 1.14. The monoisotopic (exact) mass is 447 g/mol. The Morgan fingerprint density at radius 3 is 2.56 bits per heavy atom. The zero-order valence-electron chi connectivity index (χ0n) is 18.0. The Bertz CT molecular complexity index is 1190. The molecule has 0 saturated carbocycles. The summed E-state index contributed by atoms with van der Waals surface area (Å²) in [6.45, 7) is 2.99. The third-order valence-electron chi connectivity index (χ3n) is 5.34. The molecule has 164 valence electrons. The van der Waals surface area contributed by atoms with Crippen LogP contribution in [-0.4, -0.2) is 22.1 Å². The first kappa shape index (κ1) is 21.9. The fourth-order valence-electron chi connectivity index (χ4n) is 3.75. The fourth-order valence-corrected chi connectivity index (χ4v) is 3.94. The molecule has 4 rings (SSSR count). The maximum absolute atomic E-state index is 12.6. The highest BCUT2D eigenvalue weighted by Gasteiger charge is 2.18. The lowest BCUT2D eigenvalue weighted by atomic mass is 10.1. The molecule has 1 atom stereocenters. The number of nitrogens with zero attached hydrogens (tertiary/aromatic N) is 2. The minimum Gasteiger partial charge on any atom is -0.490 e. The second-order valence-electron chi connectivity index (χ2n) is 7.66. The Labute approximate surface area is 193 Å². The number of carbonyl (C=O) groups excluding carboxylic acids is 1. The topological polar surface area (TPSA) is 56.2 Å². The van der Waals surface area contributed by atoms with Gasteiger partial charge < -0.3 is 14.6 Å². The summed E-state index contributed by atoms with van der Waals surface area (Å²) < 4.78 is 8.00. The molecule has 0 aliphatic heterocycles. The molecule has 1 aromatic heterocycles. The van der Waals surface area contributed by atoms with Crippen molar-refractivity contribution in [1.82, 2.24) is 14.9 Å². The lowest BCUT2D eigenvalue weighted by Crippen LogP contribution is -2.29. The number of amides is 1. The van der Waals surface area contributed by atoms with E-state index < -0.39 is 0 Å². The standard InChI is InChI=1S/C26H26ClN3O2/c1-19(28-25(31)16-15-20-9-3-2-4-10-20)26-29-22-12-6-7-13-23(22)30(26)17-18-32-24-14-8-5-11-21(24)27/h2-14,19H,15-18H2,1H3,(H,28,31). The summed E-state index contributed by atoms with van der Waals surface area (Å²) in [4.78, 5) is 17.4. The zero-order chi connectivity index (χ0) is 22.3. The number of para-hydroxylation sites is 3. The van der Waals surface area contributed by atoms with Crippen LogP contribution in [-0.2, 0) is 17.8 Å². The number of nitrogens with one attached hydrogen (secondary N) is 1. The van der Waals surface area contributed by atoms with E-state index in [1.165, 1.54) is 0 Å². The number of aryl methyl sites for hydroxylation is 1. The quantitative estimate of drug-likeness (QED) is 0.364. The smallest absolute Gasteiger partial charge is 0.220 e. The van der Waals surface area contributed by atoms with E-state index in [1.807, 2.05) is 85.8 Å². The molecular weight excluding hydrogens is 422 g/mol. The van der Waals surface area contributed by atoms with Crippen molar-refractivity contribution in [2.45, 2.75) is 32.4 Å². The minimum absolute atomic E-state index is 0.00674. The van der Waals surface area contributed by atoms with Crippen molar-refractivity contribution < 1.29 is 9.53 Å². The number of hydrogen-bond donors (Lipinski definition) is 1. The van der Waals surface area contributed by atoms with Gasteiger partial charge in [0.05, 0.1) is 28.6 Å². The van der Waals surface area contributed by atoms with E-state index in [0.29, 0.717) is 36.8 Å². The number of carbonyl (C=O) groups is 1. The van der Waals surface area contributed by atoms with Gasteiger partial charge in [0, 0.05) is 6.42 Å². The first-order valence-electron chi connectivity index (χ1n) is 10.8. The van der Waals surface area contributed by atoms with Crippen molar-refractivity contribution in [3.05, 3.63) is 95.3 Å². The molecule has 6 heteroatoms. The second-order valence-corrected chi connectivity index (χ2v) is 8.07. The van der Waals surface area contributed by atoms with Crippen molar-refractivity contribution in [3.8, 4) is 5.75 Å². The van der Waals surface area contributed by atoms with Crippen LogP contribution in [0.2, 0.25) is 5.02 Å². The Morgan fingerprint density at radius 1 is 1.03 bits per heavy atom. The Hall–Kier alpha value is -3.31. The van der Waals surface area contributed by atoms with Crippen LogP contribution < -0.4 is 10.1 Å². The van der Waals surface area contributed by atoms with E-state index in [9.17, 15) is 4.79 Å². The molecule has 0 fully saturated rings. The van der Waals surface area contributed by atoms with E-state index in [0.717, 1.165) is 22.4 Å². The van der Waals surface area contributed by atoms with Crippen molar-refractivity contribution in [1.29, 1.82) is 0 Å². The number of hydrogen-bond acceptors (Lipinski definition) is 3. The summed E-state index contributed by atoms with van der Waals surface area (Å²) in [5.41, 5.74) is 3.06. The number of benzene rings is 3. The number of ether oxygens (including phenoxy) is 1. The van der Waals surface area contributed by atoms with Crippen molar-refractivity contribution >= 4 is 28.5 Å². The van der Waals surface area contributed by atoms with E-state index in [-0.39, 0.29) is 11.9 Å². The van der Waals surface area contributed by atoms with E-state index in [2.05, 4.69) is 9.88 Å². The molecule has 0 aliphatic rings. The maximum Gasteiger partial charge on any atom is 0.220 e. The molecular formula is C26H26ClN3O2. The van der Waals surface area contributed by atoms with Crippen molar-refractivity contribution in [2.75, 3.05) is 6.61 Å². The maximum atomic E-state index is 12.6. The van der Waals surface area contributed by atoms with Crippen LogP contribution >= 0.6 is 11.6 Å². The molecule has 0 bridgehead atoms. The summed E-state index contributed by atoms with van der Waals surface area (Å²) in [5.74, 6) is 1.47. The number of fused-ring (bicyclic) bond motifs is 1. The third-order valence-corrected chi connectivity index (χ3v) is 5.65. The van der Waals surface area contributed by atoms with Gasteiger partial charge in [-0.15, -0.1) is 0 Å². The zero-order valence-corrected chi connectivity index (χ0v) is 18.8. The molecule has 1 amide bonds. The lowest BCUT2D eigenvalue weighted by Gasteiger charge is -2.17. The molecule has 1 unspecified atom stereocenters. The molecule has 0 spiro atoms. The average Bonchev–Trinajstić information content (AvgIpc) is 3.18. The van der Waals surface area contributed by atoms with Gasteiger partial charge >= 0.3 is 0 Å². The Balaban J connectivity index is 1.45. The van der Waals surface area contributed by atoms with Crippen LogP contribution in [0.3, 0.4) is 0 Å².